The van der Waals surface area contributed by atoms with Crippen LogP contribution in [0.25, 0.3) is 0 Å². The lowest BCUT2D eigenvalue weighted by atomic mass is 10.1. The van der Waals surface area contributed by atoms with Gasteiger partial charge in [0.1, 0.15) is 0 Å². The van der Waals surface area contributed by atoms with E-state index in [1.807, 2.05) is 0 Å². The Hall–Kier alpha value is -0.830. The Morgan fingerprint density at radius 2 is 1.86 bits per heavy atom. The lowest BCUT2D eigenvalue weighted by Crippen LogP contribution is -2.37. The molecule has 0 heterocycles. The molecule has 0 bridgehead atoms. The van der Waals surface area contributed by atoms with E-state index < -0.39 is 0 Å². The van der Waals surface area contributed by atoms with Crippen molar-refractivity contribution in [3.05, 3.63) is 12.2 Å². The Morgan fingerprint density at radius 3 is 2.29 bits per heavy atom. The van der Waals surface area contributed by atoms with E-state index in [-0.39, 0.29) is 11.4 Å². The molecule has 0 fully saturated rings. The fraction of sp³-hybridized carbons (Fsp3) is 0.727. The van der Waals surface area contributed by atoms with Gasteiger partial charge in [0, 0.05) is 17.7 Å². The third-order valence-corrected chi connectivity index (χ3v) is 1.68. The van der Waals surface area contributed by atoms with Crippen LogP contribution in [0.4, 0.5) is 0 Å². The maximum Gasteiger partial charge on any atom is 0.246 e. The largest absolute Gasteiger partial charge is 0.352 e. The second-order valence-electron chi connectivity index (χ2n) is 4.57. The van der Waals surface area contributed by atoms with Crippen LogP contribution in [0.3, 0.4) is 0 Å². The molecule has 0 aromatic heterocycles. The maximum atomic E-state index is 11.1. The molecule has 14 heavy (non-hydrogen) atoms. The van der Waals surface area contributed by atoms with Crippen LogP contribution in [0.15, 0.2) is 12.2 Å². The van der Waals surface area contributed by atoms with E-state index in [1.165, 1.54) is 0 Å². The highest BCUT2D eigenvalue weighted by atomic mass is 16.1. The van der Waals surface area contributed by atoms with Gasteiger partial charge in [-0.2, -0.15) is 0 Å². The lowest BCUT2D eigenvalue weighted by Gasteiger charge is -2.20. The molecule has 3 heteroatoms. The van der Waals surface area contributed by atoms with Gasteiger partial charge in [0.2, 0.25) is 5.91 Å². The zero-order valence-corrected chi connectivity index (χ0v) is 9.74. The van der Waals surface area contributed by atoms with Gasteiger partial charge < -0.3 is 10.6 Å². The second kappa shape index (κ2) is 5.81. The molecule has 0 spiro atoms. The van der Waals surface area contributed by atoms with Gasteiger partial charge in [0.15, 0.2) is 0 Å². The molecule has 0 aromatic rings. The van der Waals surface area contributed by atoms with Gasteiger partial charge in [-0.25, -0.2) is 0 Å². The monoisotopic (exact) mass is 198 g/mol. The fourth-order valence-corrected chi connectivity index (χ4v) is 0.905. The Balaban J connectivity index is 3.39. The van der Waals surface area contributed by atoms with Crippen molar-refractivity contribution in [1.29, 1.82) is 0 Å². The number of nitrogens with one attached hydrogen (secondary N) is 2. The molecule has 0 aliphatic heterocycles. The summed E-state index contributed by atoms with van der Waals surface area (Å²) in [6.45, 7) is 13.3. The van der Waals surface area contributed by atoms with Gasteiger partial charge in [-0.1, -0.05) is 6.58 Å². The third-order valence-electron chi connectivity index (χ3n) is 1.68. The van der Waals surface area contributed by atoms with Gasteiger partial charge in [-0.3, -0.25) is 4.79 Å². The summed E-state index contributed by atoms with van der Waals surface area (Å²) in [5.41, 5.74) is 0.715. The summed E-state index contributed by atoms with van der Waals surface area (Å²) in [6.07, 6.45) is 0.941. The molecule has 0 aliphatic carbocycles. The average molecular weight is 198 g/mol. The topological polar surface area (TPSA) is 41.1 Å². The van der Waals surface area contributed by atoms with Gasteiger partial charge in [-0.15, -0.1) is 0 Å². The summed E-state index contributed by atoms with van der Waals surface area (Å²) in [4.78, 5) is 11.1. The number of hydrogen-bond donors (Lipinski definition) is 2. The first-order valence-corrected chi connectivity index (χ1v) is 5.01. The molecule has 0 atom stereocenters. The zero-order valence-electron chi connectivity index (χ0n) is 9.74. The Bertz CT molecular complexity index is 204. The average Bonchev–Trinajstić information content (AvgIpc) is 2.01. The molecule has 2 N–H and O–H groups in total. The SMILES string of the molecule is C=C(C)C(=O)NCCCNC(C)(C)C. The van der Waals surface area contributed by atoms with Gasteiger partial charge in [0.25, 0.3) is 0 Å². The summed E-state index contributed by atoms with van der Waals surface area (Å²) in [5.74, 6) is -0.0549. The van der Waals surface area contributed by atoms with Crippen LogP contribution in [0.5, 0.6) is 0 Å². The van der Waals surface area contributed by atoms with E-state index in [2.05, 4.69) is 38.0 Å². The van der Waals surface area contributed by atoms with Gasteiger partial charge in [0.05, 0.1) is 0 Å². The van der Waals surface area contributed by atoms with Crippen LogP contribution in [-0.4, -0.2) is 24.5 Å². The van der Waals surface area contributed by atoms with Crippen LogP contribution in [0.2, 0.25) is 0 Å². The predicted octanol–water partition coefficient (Wildman–Crippen LogP) is 1.46. The van der Waals surface area contributed by atoms with E-state index in [0.717, 1.165) is 13.0 Å². The van der Waals surface area contributed by atoms with Crippen molar-refractivity contribution >= 4 is 5.91 Å². The fourth-order valence-electron chi connectivity index (χ4n) is 0.905. The highest BCUT2D eigenvalue weighted by Gasteiger charge is 2.07. The van der Waals surface area contributed by atoms with Crippen molar-refractivity contribution in [2.75, 3.05) is 13.1 Å². The van der Waals surface area contributed by atoms with Gasteiger partial charge in [-0.05, 0) is 40.7 Å². The summed E-state index contributed by atoms with van der Waals surface area (Å²) < 4.78 is 0. The van der Waals surface area contributed by atoms with E-state index in [4.69, 9.17) is 0 Å². The quantitative estimate of drug-likeness (QED) is 0.518. The number of carbonyl (C=O) groups is 1. The number of amides is 1. The van der Waals surface area contributed by atoms with Crippen molar-refractivity contribution in [3.8, 4) is 0 Å². The molecule has 0 rings (SSSR count). The molecule has 0 saturated heterocycles. The van der Waals surface area contributed by atoms with Crippen LogP contribution in [0.1, 0.15) is 34.1 Å². The van der Waals surface area contributed by atoms with E-state index >= 15 is 0 Å². The first-order valence-electron chi connectivity index (χ1n) is 5.01. The van der Waals surface area contributed by atoms with Crippen LogP contribution in [-0.2, 0) is 4.79 Å². The van der Waals surface area contributed by atoms with Crippen LogP contribution in [0, 0.1) is 0 Å². The normalized spacial score (nSPS) is 11.1. The number of rotatable bonds is 5. The molecular formula is C11H22N2O. The van der Waals surface area contributed by atoms with E-state index in [9.17, 15) is 4.79 Å². The first-order chi connectivity index (χ1) is 6.33. The third kappa shape index (κ3) is 7.80. The minimum absolute atomic E-state index is 0.0549. The van der Waals surface area contributed by atoms with Crippen molar-refractivity contribution in [2.45, 2.75) is 39.7 Å². The summed E-state index contributed by atoms with van der Waals surface area (Å²) in [7, 11) is 0. The standard InChI is InChI=1S/C11H22N2O/c1-9(2)10(14)12-7-6-8-13-11(3,4)5/h13H,1,6-8H2,2-5H3,(H,12,14). The van der Waals surface area contributed by atoms with Crippen molar-refractivity contribution < 1.29 is 4.79 Å². The first kappa shape index (κ1) is 13.2. The van der Waals surface area contributed by atoms with E-state index in [1.54, 1.807) is 6.92 Å². The Morgan fingerprint density at radius 1 is 1.29 bits per heavy atom. The molecule has 1 amide bonds. The highest BCUT2D eigenvalue weighted by Crippen LogP contribution is 1.97. The number of hydrogen-bond acceptors (Lipinski definition) is 2. The molecule has 3 nitrogen and oxygen atoms in total. The second-order valence-corrected chi connectivity index (χ2v) is 4.57. The predicted molar refractivity (Wildman–Crippen MR) is 60.2 cm³/mol. The minimum Gasteiger partial charge on any atom is -0.352 e. The minimum atomic E-state index is -0.0549. The van der Waals surface area contributed by atoms with Crippen molar-refractivity contribution in [2.24, 2.45) is 0 Å². The zero-order chi connectivity index (χ0) is 11.2. The molecular weight excluding hydrogens is 176 g/mol. The Labute approximate surface area is 87.0 Å². The van der Waals surface area contributed by atoms with Crippen LogP contribution < -0.4 is 10.6 Å². The molecule has 0 aromatic carbocycles. The van der Waals surface area contributed by atoms with Crippen LogP contribution >= 0.6 is 0 Å². The molecule has 0 aliphatic rings. The Kier molecular flexibility index (Phi) is 5.46. The highest BCUT2D eigenvalue weighted by molar-refractivity contribution is 5.91. The van der Waals surface area contributed by atoms with Gasteiger partial charge >= 0.3 is 0 Å². The maximum absolute atomic E-state index is 11.1. The molecule has 82 valence electrons. The molecule has 0 radical (unpaired) electrons. The van der Waals surface area contributed by atoms with E-state index in [0.29, 0.717) is 12.1 Å². The summed E-state index contributed by atoms with van der Waals surface area (Å²) in [6, 6.07) is 0. The summed E-state index contributed by atoms with van der Waals surface area (Å²) in [5, 5.41) is 6.14. The smallest absolute Gasteiger partial charge is 0.246 e. The van der Waals surface area contributed by atoms with Crippen molar-refractivity contribution in [1.82, 2.24) is 10.6 Å². The lowest BCUT2D eigenvalue weighted by molar-refractivity contribution is -0.117. The number of carbonyl (C=O) groups excluding carboxylic acids is 1. The van der Waals surface area contributed by atoms with Crippen molar-refractivity contribution in [3.63, 3.8) is 0 Å². The summed E-state index contributed by atoms with van der Waals surface area (Å²) >= 11 is 0. The molecule has 0 unspecified atom stereocenters. The molecule has 0 saturated carbocycles.